The third kappa shape index (κ3) is 9.27. The maximum absolute atomic E-state index is 12.3. The number of likely N-dealkylation sites (tertiary alicyclic amines) is 1. The molecule has 0 amide bonds. The molecule has 0 aromatic carbocycles. The van der Waals surface area contributed by atoms with Crippen LogP contribution >= 0.6 is 0 Å². The average molecular weight is 285 g/mol. The summed E-state index contributed by atoms with van der Waals surface area (Å²) in [5.74, 6) is 0. The van der Waals surface area contributed by atoms with Crippen molar-refractivity contribution in [2.24, 2.45) is 0 Å². The van der Waals surface area contributed by atoms with Crippen molar-refractivity contribution in [1.82, 2.24) is 4.90 Å². The van der Waals surface area contributed by atoms with E-state index in [1.807, 2.05) is 27.7 Å². The molecule has 4 atom stereocenters. The molecule has 5 heteroatoms. The smallest absolute Gasteiger partial charge is 0.145 e. The number of nitrogens with zero attached hydrogens (tertiary/aromatic N) is 1. The van der Waals surface area contributed by atoms with Gasteiger partial charge in [0.2, 0.25) is 0 Å². The van der Waals surface area contributed by atoms with Gasteiger partial charge in [0.1, 0.15) is 18.5 Å². The highest BCUT2D eigenvalue weighted by atomic mass is 19.2. The lowest BCUT2D eigenvalue weighted by Gasteiger charge is -2.12. The molecule has 1 saturated heterocycles. The second kappa shape index (κ2) is 12.7. The van der Waals surface area contributed by atoms with E-state index in [2.05, 4.69) is 0 Å². The quantitative estimate of drug-likeness (QED) is 0.779. The van der Waals surface area contributed by atoms with Crippen molar-refractivity contribution >= 4 is 0 Å². The summed E-state index contributed by atoms with van der Waals surface area (Å²) in [6, 6.07) is 0. The van der Waals surface area contributed by atoms with E-state index in [-0.39, 0.29) is 19.2 Å². The van der Waals surface area contributed by atoms with Gasteiger partial charge in [0, 0.05) is 20.2 Å². The molecule has 0 aromatic rings. The Morgan fingerprint density at radius 1 is 1.16 bits per heavy atom. The van der Waals surface area contributed by atoms with Crippen LogP contribution in [0.25, 0.3) is 0 Å². The monoisotopic (exact) mass is 285 g/mol. The highest BCUT2D eigenvalue weighted by Crippen LogP contribution is 2.15. The van der Waals surface area contributed by atoms with Crippen molar-refractivity contribution in [2.75, 3.05) is 26.7 Å². The molecule has 0 aliphatic carbocycles. The Labute approximate surface area is 116 Å². The predicted octanol–water partition coefficient (Wildman–Crippen LogP) is 3.79. The Balaban J connectivity index is 0. The van der Waals surface area contributed by atoms with Crippen molar-refractivity contribution in [3.63, 3.8) is 0 Å². The normalized spacial score (nSPS) is 25.7. The fourth-order valence-corrected chi connectivity index (χ4v) is 1.73. The summed E-state index contributed by atoms with van der Waals surface area (Å²) >= 11 is 0. The minimum Gasteiger partial charge on any atom is -0.378 e. The Morgan fingerprint density at radius 2 is 1.58 bits per heavy atom. The van der Waals surface area contributed by atoms with Crippen molar-refractivity contribution in [2.45, 2.75) is 65.7 Å². The number of halogens is 3. The van der Waals surface area contributed by atoms with Crippen molar-refractivity contribution in [3.8, 4) is 0 Å². The summed E-state index contributed by atoms with van der Waals surface area (Å²) in [7, 11) is 1.53. The second-order valence-corrected chi connectivity index (χ2v) is 4.24. The van der Waals surface area contributed by atoms with Crippen molar-refractivity contribution in [3.05, 3.63) is 0 Å². The molecule has 0 bridgehead atoms. The maximum atomic E-state index is 12.3. The van der Waals surface area contributed by atoms with Crippen LogP contribution in [0.3, 0.4) is 0 Å². The van der Waals surface area contributed by atoms with Crippen LogP contribution in [-0.4, -0.2) is 56.3 Å². The highest BCUT2D eigenvalue weighted by molar-refractivity contribution is 4.82. The molecule has 1 fully saturated rings. The van der Waals surface area contributed by atoms with E-state index in [9.17, 15) is 13.2 Å². The Morgan fingerprint density at radius 3 is 1.68 bits per heavy atom. The van der Waals surface area contributed by atoms with E-state index >= 15 is 0 Å². The van der Waals surface area contributed by atoms with Crippen LogP contribution in [0.5, 0.6) is 0 Å². The molecule has 1 aliphatic heterocycles. The number of hydrogen-bond acceptors (Lipinski definition) is 2. The van der Waals surface area contributed by atoms with E-state index in [0.717, 1.165) is 13.0 Å². The third-order valence-electron chi connectivity index (χ3n) is 2.92. The molecular weight excluding hydrogens is 255 g/mol. The molecule has 0 radical (unpaired) electrons. The minimum atomic E-state index is -1.25. The first kappa shape index (κ1) is 21.0. The zero-order valence-electron chi connectivity index (χ0n) is 13.1. The number of ether oxygens (including phenoxy) is 1. The molecule has 4 unspecified atom stereocenters. The first-order valence-corrected chi connectivity index (χ1v) is 7.13. The Bertz CT molecular complexity index is 180. The molecule has 1 rings (SSSR count). The molecule has 1 aliphatic rings. The van der Waals surface area contributed by atoms with Crippen LogP contribution in [0.4, 0.5) is 13.2 Å². The van der Waals surface area contributed by atoms with E-state index in [0.29, 0.717) is 0 Å². The van der Waals surface area contributed by atoms with Crippen LogP contribution < -0.4 is 0 Å². The Hall–Kier alpha value is -0.290. The first-order valence-electron chi connectivity index (χ1n) is 7.13. The SMILES string of the molecule is CC.CCC(OC)C(C)F.CCN1CC(F)C(F)C1. The summed E-state index contributed by atoms with van der Waals surface area (Å²) in [5.41, 5.74) is 0. The molecule has 19 heavy (non-hydrogen) atoms. The summed E-state index contributed by atoms with van der Waals surface area (Å²) in [6.07, 6.45) is -2.80. The molecular formula is C14H30F3NO. The van der Waals surface area contributed by atoms with Crippen LogP contribution in [0.15, 0.2) is 0 Å². The fourth-order valence-electron chi connectivity index (χ4n) is 1.73. The molecule has 0 N–H and O–H groups in total. The van der Waals surface area contributed by atoms with Gasteiger partial charge in [0.05, 0.1) is 6.10 Å². The molecule has 1 heterocycles. The number of hydrogen-bond donors (Lipinski definition) is 0. The molecule has 0 spiro atoms. The largest absolute Gasteiger partial charge is 0.378 e. The van der Waals surface area contributed by atoms with Crippen LogP contribution in [0.1, 0.15) is 41.0 Å². The fraction of sp³-hybridized carbons (Fsp3) is 1.00. The van der Waals surface area contributed by atoms with Gasteiger partial charge >= 0.3 is 0 Å². The van der Waals surface area contributed by atoms with Gasteiger partial charge in [-0.3, -0.25) is 4.90 Å². The van der Waals surface area contributed by atoms with Gasteiger partial charge in [0.15, 0.2) is 0 Å². The minimum absolute atomic E-state index is 0.213. The zero-order chi connectivity index (χ0) is 15.4. The first-order chi connectivity index (χ1) is 8.96. The van der Waals surface area contributed by atoms with E-state index in [4.69, 9.17) is 4.74 Å². The standard InChI is InChI=1S/C6H11F2N.C6H13FO.C2H6/c1-2-9-3-5(7)6(8)4-9;1-4-6(8-3)5(2)7;1-2/h5-6H,2-4H2,1H3;5-6H,4H2,1-3H3;1-2H3. The zero-order valence-corrected chi connectivity index (χ0v) is 13.1. The topological polar surface area (TPSA) is 12.5 Å². The lowest BCUT2D eigenvalue weighted by Crippen LogP contribution is -2.20. The Kier molecular flexibility index (Phi) is 14.1. The summed E-state index contributed by atoms with van der Waals surface area (Å²) in [6.45, 7) is 10.6. The van der Waals surface area contributed by atoms with Gasteiger partial charge in [-0.2, -0.15) is 0 Å². The van der Waals surface area contributed by atoms with E-state index in [1.54, 1.807) is 4.90 Å². The molecule has 0 aromatic heterocycles. The predicted molar refractivity (Wildman–Crippen MR) is 74.9 cm³/mol. The molecule has 0 saturated carbocycles. The summed E-state index contributed by atoms with van der Waals surface area (Å²) < 4.78 is 41.7. The van der Waals surface area contributed by atoms with Crippen LogP contribution in [0, 0.1) is 0 Å². The van der Waals surface area contributed by atoms with Gasteiger partial charge < -0.3 is 4.74 Å². The third-order valence-corrected chi connectivity index (χ3v) is 2.92. The van der Waals surface area contributed by atoms with Gasteiger partial charge in [-0.25, -0.2) is 13.2 Å². The lowest BCUT2D eigenvalue weighted by atomic mass is 10.2. The van der Waals surface area contributed by atoms with E-state index < -0.39 is 18.5 Å². The van der Waals surface area contributed by atoms with Crippen molar-refractivity contribution in [1.29, 1.82) is 0 Å². The molecule has 118 valence electrons. The molecule has 2 nitrogen and oxygen atoms in total. The number of methoxy groups -OCH3 is 1. The maximum Gasteiger partial charge on any atom is 0.145 e. The van der Waals surface area contributed by atoms with Gasteiger partial charge in [-0.1, -0.05) is 27.7 Å². The van der Waals surface area contributed by atoms with Crippen LogP contribution in [-0.2, 0) is 4.74 Å². The van der Waals surface area contributed by atoms with Gasteiger partial charge in [0.25, 0.3) is 0 Å². The second-order valence-electron chi connectivity index (χ2n) is 4.24. The summed E-state index contributed by atoms with van der Waals surface area (Å²) in [4.78, 5) is 1.77. The number of rotatable bonds is 4. The summed E-state index contributed by atoms with van der Waals surface area (Å²) in [5, 5.41) is 0. The number of alkyl halides is 3. The van der Waals surface area contributed by atoms with E-state index in [1.165, 1.54) is 14.0 Å². The van der Waals surface area contributed by atoms with Gasteiger partial charge in [-0.05, 0) is 19.9 Å². The lowest BCUT2D eigenvalue weighted by molar-refractivity contribution is 0.0377. The highest BCUT2D eigenvalue weighted by Gasteiger charge is 2.31. The average Bonchev–Trinajstić information content (AvgIpc) is 2.73. The van der Waals surface area contributed by atoms with Crippen molar-refractivity contribution < 1.29 is 17.9 Å². The van der Waals surface area contributed by atoms with Crippen LogP contribution in [0.2, 0.25) is 0 Å². The van der Waals surface area contributed by atoms with Gasteiger partial charge in [-0.15, -0.1) is 0 Å².